The van der Waals surface area contributed by atoms with Crippen LogP contribution in [0.5, 0.6) is 5.75 Å². The number of nitrogens with zero attached hydrogens (tertiary/aromatic N) is 4. The van der Waals surface area contributed by atoms with Crippen molar-refractivity contribution in [2.75, 3.05) is 12.4 Å². The van der Waals surface area contributed by atoms with Crippen molar-refractivity contribution >= 4 is 17.9 Å². The number of hydrazone groups is 1. The summed E-state index contributed by atoms with van der Waals surface area (Å²) in [5, 5.41) is 9.59. The highest BCUT2D eigenvalue weighted by Crippen LogP contribution is 2.29. The lowest BCUT2D eigenvalue weighted by molar-refractivity contribution is 0.350. The fraction of sp³-hybridized carbons (Fsp3) is 0.167. The average Bonchev–Trinajstić information content (AvgIpc) is 3.06. The van der Waals surface area contributed by atoms with Crippen molar-refractivity contribution < 1.29 is 4.74 Å². The predicted octanol–water partition coefficient (Wildman–Crippen LogP) is 3.07. The Morgan fingerprint density at radius 1 is 1.21 bits per heavy atom. The zero-order valence-electron chi connectivity index (χ0n) is 13.2. The highest BCUT2D eigenvalue weighted by Gasteiger charge is 2.31. The lowest BCUT2D eigenvalue weighted by Crippen LogP contribution is -2.27. The van der Waals surface area contributed by atoms with E-state index in [0.717, 1.165) is 17.1 Å². The SMILES string of the molecule is COc1cccc(Nc2nccc(C3C=NN4C=CC=CC34)n2)c1. The summed E-state index contributed by atoms with van der Waals surface area (Å²) in [5.41, 5.74) is 1.82. The number of hydrogen-bond donors (Lipinski definition) is 1. The highest BCUT2D eigenvalue weighted by atomic mass is 16.5. The van der Waals surface area contributed by atoms with Gasteiger partial charge in [-0.15, -0.1) is 0 Å². The minimum Gasteiger partial charge on any atom is -0.497 e. The Morgan fingerprint density at radius 3 is 3.08 bits per heavy atom. The molecule has 6 nitrogen and oxygen atoms in total. The fourth-order valence-electron chi connectivity index (χ4n) is 2.84. The zero-order chi connectivity index (χ0) is 16.4. The van der Waals surface area contributed by atoms with E-state index < -0.39 is 0 Å². The van der Waals surface area contributed by atoms with Crippen molar-refractivity contribution in [2.45, 2.75) is 12.0 Å². The van der Waals surface area contributed by atoms with Gasteiger partial charge in [-0.2, -0.15) is 5.10 Å². The van der Waals surface area contributed by atoms with Gasteiger partial charge in [0.2, 0.25) is 5.95 Å². The van der Waals surface area contributed by atoms with Crippen molar-refractivity contribution in [3.63, 3.8) is 0 Å². The second-order valence-corrected chi connectivity index (χ2v) is 5.55. The van der Waals surface area contributed by atoms with Crippen LogP contribution in [0.15, 0.2) is 66.1 Å². The summed E-state index contributed by atoms with van der Waals surface area (Å²) in [4.78, 5) is 8.97. The standard InChI is InChI=1S/C18H17N5O/c1-24-14-6-4-5-13(11-14)21-18-19-9-8-16(22-18)15-12-20-23-10-3-2-7-17(15)23/h2-12,15,17H,1H3,(H,19,21,22). The molecule has 4 rings (SSSR count). The first-order chi connectivity index (χ1) is 11.8. The van der Waals surface area contributed by atoms with Crippen LogP contribution in [0.4, 0.5) is 11.6 Å². The van der Waals surface area contributed by atoms with Crippen LogP contribution in [0.3, 0.4) is 0 Å². The van der Waals surface area contributed by atoms with E-state index in [9.17, 15) is 0 Å². The predicted molar refractivity (Wildman–Crippen MR) is 93.4 cm³/mol. The topological polar surface area (TPSA) is 62.6 Å². The van der Waals surface area contributed by atoms with Gasteiger partial charge in [0, 0.05) is 30.4 Å². The molecule has 2 aromatic rings. The Morgan fingerprint density at radius 2 is 2.17 bits per heavy atom. The zero-order valence-corrected chi connectivity index (χ0v) is 13.2. The monoisotopic (exact) mass is 319 g/mol. The van der Waals surface area contributed by atoms with Gasteiger partial charge in [-0.25, -0.2) is 9.97 Å². The third-order valence-corrected chi connectivity index (χ3v) is 4.04. The van der Waals surface area contributed by atoms with Crippen LogP contribution >= 0.6 is 0 Å². The molecule has 120 valence electrons. The third-order valence-electron chi connectivity index (χ3n) is 4.04. The molecule has 2 aliphatic heterocycles. The van der Waals surface area contributed by atoms with E-state index >= 15 is 0 Å². The van der Waals surface area contributed by atoms with E-state index in [1.807, 2.05) is 59.9 Å². The summed E-state index contributed by atoms with van der Waals surface area (Å²) in [7, 11) is 1.65. The van der Waals surface area contributed by atoms with Gasteiger partial charge in [-0.3, -0.25) is 5.01 Å². The molecule has 2 aliphatic rings. The van der Waals surface area contributed by atoms with Gasteiger partial charge in [-0.1, -0.05) is 18.2 Å². The molecule has 1 N–H and O–H groups in total. The molecule has 0 amide bonds. The van der Waals surface area contributed by atoms with Crippen molar-refractivity contribution in [3.05, 3.63) is 66.7 Å². The molecule has 6 heteroatoms. The normalized spacial score (nSPS) is 21.0. The van der Waals surface area contributed by atoms with Gasteiger partial charge in [-0.05, 0) is 24.3 Å². The van der Waals surface area contributed by atoms with Crippen molar-refractivity contribution in [1.29, 1.82) is 0 Å². The number of allylic oxidation sites excluding steroid dienone is 2. The smallest absolute Gasteiger partial charge is 0.227 e. The van der Waals surface area contributed by atoms with E-state index in [0.29, 0.717) is 5.95 Å². The largest absolute Gasteiger partial charge is 0.497 e. The van der Waals surface area contributed by atoms with Crippen LogP contribution in [0, 0.1) is 0 Å². The number of aromatic nitrogens is 2. The molecule has 0 saturated heterocycles. The van der Waals surface area contributed by atoms with E-state index in [1.54, 1.807) is 13.3 Å². The van der Waals surface area contributed by atoms with Gasteiger partial charge in [0.1, 0.15) is 5.75 Å². The number of benzene rings is 1. The van der Waals surface area contributed by atoms with Crippen LogP contribution < -0.4 is 10.1 Å². The Bertz CT molecular complexity index is 830. The molecule has 0 fully saturated rings. The average molecular weight is 319 g/mol. The molecule has 0 aliphatic carbocycles. The van der Waals surface area contributed by atoms with Crippen LogP contribution in [-0.4, -0.2) is 34.3 Å². The minimum atomic E-state index is 0.111. The molecule has 3 heterocycles. The summed E-state index contributed by atoms with van der Waals surface area (Å²) in [6.45, 7) is 0. The van der Waals surface area contributed by atoms with Gasteiger partial charge < -0.3 is 10.1 Å². The van der Waals surface area contributed by atoms with Crippen LogP contribution in [-0.2, 0) is 0 Å². The second-order valence-electron chi connectivity index (χ2n) is 5.55. The van der Waals surface area contributed by atoms with Crippen molar-refractivity contribution in [2.24, 2.45) is 5.10 Å². The first-order valence-electron chi connectivity index (χ1n) is 7.75. The third kappa shape index (κ3) is 2.74. The van der Waals surface area contributed by atoms with Crippen LogP contribution in [0.25, 0.3) is 0 Å². The van der Waals surface area contributed by atoms with Crippen molar-refractivity contribution in [3.8, 4) is 5.75 Å². The molecular formula is C18H17N5O. The quantitative estimate of drug-likeness (QED) is 0.938. The molecule has 0 spiro atoms. The molecule has 24 heavy (non-hydrogen) atoms. The molecule has 2 atom stereocenters. The van der Waals surface area contributed by atoms with E-state index in [2.05, 4.69) is 26.5 Å². The lowest BCUT2D eigenvalue weighted by Gasteiger charge is -2.23. The molecule has 0 bridgehead atoms. The number of ether oxygens (including phenoxy) is 1. The number of rotatable bonds is 4. The van der Waals surface area contributed by atoms with Crippen LogP contribution in [0.1, 0.15) is 11.6 Å². The maximum atomic E-state index is 5.24. The summed E-state index contributed by atoms with van der Waals surface area (Å²) in [6.07, 6.45) is 11.8. The number of hydrogen-bond acceptors (Lipinski definition) is 6. The Hall–Kier alpha value is -3.15. The summed E-state index contributed by atoms with van der Waals surface area (Å²) in [5.74, 6) is 1.46. The first-order valence-corrected chi connectivity index (χ1v) is 7.75. The number of fused-ring (bicyclic) bond motifs is 1. The maximum absolute atomic E-state index is 5.24. The van der Waals surface area contributed by atoms with Gasteiger partial charge in [0.15, 0.2) is 0 Å². The first kappa shape index (κ1) is 14.4. The molecule has 1 aromatic carbocycles. The summed E-state index contributed by atoms with van der Waals surface area (Å²) in [6, 6.07) is 9.79. The second kappa shape index (κ2) is 6.16. The molecular weight excluding hydrogens is 302 g/mol. The summed E-state index contributed by atoms with van der Waals surface area (Å²) < 4.78 is 5.24. The number of methoxy groups -OCH3 is 1. The van der Waals surface area contributed by atoms with E-state index in [1.165, 1.54) is 0 Å². The minimum absolute atomic E-state index is 0.111. The van der Waals surface area contributed by atoms with Crippen molar-refractivity contribution in [1.82, 2.24) is 15.0 Å². The highest BCUT2D eigenvalue weighted by molar-refractivity contribution is 5.71. The maximum Gasteiger partial charge on any atom is 0.227 e. The van der Waals surface area contributed by atoms with Crippen LogP contribution in [0.2, 0.25) is 0 Å². The molecule has 0 saturated carbocycles. The fourth-order valence-corrected chi connectivity index (χ4v) is 2.84. The van der Waals surface area contributed by atoms with Gasteiger partial charge >= 0.3 is 0 Å². The Balaban J connectivity index is 1.57. The summed E-state index contributed by atoms with van der Waals surface area (Å²) >= 11 is 0. The molecule has 0 radical (unpaired) electrons. The van der Waals surface area contributed by atoms with Gasteiger partial charge in [0.05, 0.1) is 24.8 Å². The van der Waals surface area contributed by atoms with Gasteiger partial charge in [0.25, 0.3) is 0 Å². The lowest BCUT2D eigenvalue weighted by atomic mass is 9.96. The number of anilines is 2. The number of nitrogens with one attached hydrogen (secondary N) is 1. The Labute approximate surface area is 140 Å². The Kier molecular flexibility index (Phi) is 3.70. The molecule has 2 unspecified atom stereocenters. The molecule has 1 aromatic heterocycles. The van der Waals surface area contributed by atoms with E-state index in [4.69, 9.17) is 4.74 Å². The van der Waals surface area contributed by atoms with E-state index in [-0.39, 0.29) is 12.0 Å².